The largest absolute Gasteiger partial charge is 0.481 e. The van der Waals surface area contributed by atoms with E-state index < -0.39 is 6.10 Å². The monoisotopic (exact) mass is 355 g/mol. The first-order valence-corrected chi connectivity index (χ1v) is 8.91. The zero-order valence-corrected chi connectivity index (χ0v) is 15.5. The van der Waals surface area contributed by atoms with Crippen molar-refractivity contribution in [2.75, 3.05) is 11.9 Å². The van der Waals surface area contributed by atoms with Crippen molar-refractivity contribution in [1.82, 2.24) is 0 Å². The molecular weight excluding hydrogens is 330 g/mol. The van der Waals surface area contributed by atoms with Gasteiger partial charge in [0.15, 0.2) is 6.10 Å². The van der Waals surface area contributed by atoms with Crippen LogP contribution in [0.25, 0.3) is 0 Å². The Morgan fingerprint density at radius 1 is 0.962 bits per heavy atom. The second-order valence-electron chi connectivity index (χ2n) is 5.80. The number of aryl methyl sites for hydroxylation is 1. The van der Waals surface area contributed by atoms with Crippen molar-refractivity contribution in [1.29, 1.82) is 0 Å². The van der Waals surface area contributed by atoms with Crippen molar-refractivity contribution >= 4 is 17.6 Å². The van der Waals surface area contributed by atoms with Crippen LogP contribution in [0.5, 0.6) is 5.75 Å². The molecule has 2 rings (SSSR count). The molecule has 2 aromatic carbocycles. The lowest BCUT2D eigenvalue weighted by molar-refractivity contribution is -0.122. The molecule has 5 heteroatoms. The Morgan fingerprint density at radius 2 is 1.62 bits per heavy atom. The lowest BCUT2D eigenvalue weighted by Gasteiger charge is -2.17. The van der Waals surface area contributed by atoms with Crippen LogP contribution >= 0.6 is 0 Å². The first kappa shape index (κ1) is 19.5. The van der Waals surface area contributed by atoms with Gasteiger partial charge >= 0.3 is 5.97 Å². The Labute approximate surface area is 154 Å². The summed E-state index contributed by atoms with van der Waals surface area (Å²) >= 11 is 0. The summed E-state index contributed by atoms with van der Waals surface area (Å²) in [5.41, 5.74) is 2.27. The van der Waals surface area contributed by atoms with Gasteiger partial charge in [0.1, 0.15) is 5.75 Å². The Balaban J connectivity index is 1.98. The van der Waals surface area contributed by atoms with E-state index in [0.29, 0.717) is 30.0 Å². The molecule has 138 valence electrons. The van der Waals surface area contributed by atoms with Crippen molar-refractivity contribution in [3.63, 3.8) is 0 Å². The summed E-state index contributed by atoms with van der Waals surface area (Å²) in [6, 6.07) is 14.3. The molecule has 1 N–H and O–H groups in total. The van der Waals surface area contributed by atoms with Crippen LogP contribution in [-0.2, 0) is 16.0 Å². The molecule has 0 saturated heterocycles. The summed E-state index contributed by atoms with van der Waals surface area (Å²) in [6.45, 7) is 6.07. The molecule has 0 fully saturated rings. The first-order valence-electron chi connectivity index (χ1n) is 8.91. The summed E-state index contributed by atoms with van der Waals surface area (Å²) in [7, 11) is 0. The van der Waals surface area contributed by atoms with Gasteiger partial charge in [-0.25, -0.2) is 4.79 Å². The van der Waals surface area contributed by atoms with Crippen LogP contribution in [0.15, 0.2) is 48.5 Å². The van der Waals surface area contributed by atoms with Crippen molar-refractivity contribution in [2.24, 2.45) is 0 Å². The molecular formula is C21H25NO4. The molecule has 0 aliphatic heterocycles. The average Bonchev–Trinajstić information content (AvgIpc) is 2.67. The zero-order chi connectivity index (χ0) is 18.9. The number of carbonyl (C=O) groups is 2. The highest BCUT2D eigenvalue weighted by molar-refractivity contribution is 5.95. The van der Waals surface area contributed by atoms with E-state index in [1.807, 2.05) is 31.2 Å². The van der Waals surface area contributed by atoms with Crippen LogP contribution in [0.4, 0.5) is 5.69 Å². The van der Waals surface area contributed by atoms with E-state index in [-0.39, 0.29) is 11.9 Å². The van der Waals surface area contributed by atoms with Gasteiger partial charge in [0.05, 0.1) is 12.2 Å². The van der Waals surface area contributed by atoms with Gasteiger partial charge in [0, 0.05) is 5.69 Å². The minimum atomic E-state index is -0.591. The van der Waals surface area contributed by atoms with Gasteiger partial charge < -0.3 is 14.8 Å². The average molecular weight is 355 g/mol. The highest BCUT2D eigenvalue weighted by atomic mass is 16.5. The molecule has 2 aromatic rings. The number of ether oxygens (including phenoxy) is 2. The summed E-state index contributed by atoms with van der Waals surface area (Å²) < 4.78 is 10.7. The number of hydrogen-bond acceptors (Lipinski definition) is 4. The van der Waals surface area contributed by atoms with Crippen LogP contribution in [-0.4, -0.2) is 24.6 Å². The molecule has 0 heterocycles. The third kappa shape index (κ3) is 5.34. The zero-order valence-electron chi connectivity index (χ0n) is 15.5. The Kier molecular flexibility index (Phi) is 7.21. The fraction of sp³-hybridized carbons (Fsp3) is 0.333. The molecule has 26 heavy (non-hydrogen) atoms. The smallest absolute Gasteiger partial charge is 0.338 e. The first-order chi connectivity index (χ1) is 12.6. The topological polar surface area (TPSA) is 64.6 Å². The van der Waals surface area contributed by atoms with E-state index in [0.717, 1.165) is 6.42 Å². The number of carbonyl (C=O) groups excluding carboxylic acids is 2. The second-order valence-corrected chi connectivity index (χ2v) is 5.80. The van der Waals surface area contributed by atoms with Gasteiger partial charge in [-0.3, -0.25) is 4.79 Å². The minimum absolute atomic E-state index is 0.226. The van der Waals surface area contributed by atoms with Crippen molar-refractivity contribution in [3.8, 4) is 5.75 Å². The molecule has 0 saturated carbocycles. The molecule has 5 nitrogen and oxygen atoms in total. The number of hydrogen-bond donors (Lipinski definition) is 1. The van der Waals surface area contributed by atoms with Gasteiger partial charge in [0.25, 0.3) is 5.91 Å². The maximum atomic E-state index is 12.5. The number of benzene rings is 2. The molecule has 0 aliphatic carbocycles. The molecule has 0 spiro atoms. The maximum Gasteiger partial charge on any atom is 0.338 e. The number of esters is 1. The molecule has 0 unspecified atom stereocenters. The summed E-state index contributed by atoms with van der Waals surface area (Å²) in [6.07, 6.45) is 0.911. The van der Waals surface area contributed by atoms with Crippen molar-refractivity contribution in [2.45, 2.75) is 39.7 Å². The standard InChI is InChI=1S/C21H25NO4/c1-4-15-7-13-18(14-8-15)26-19(5-2)20(23)22-17-11-9-16(10-12-17)21(24)25-6-3/h7-14,19H,4-6H2,1-3H3,(H,22,23)/t19-/m0/s1. The summed E-state index contributed by atoms with van der Waals surface area (Å²) in [5.74, 6) is 0.0634. The van der Waals surface area contributed by atoms with Crippen molar-refractivity contribution < 1.29 is 19.1 Å². The SMILES string of the molecule is CCOC(=O)c1ccc(NC(=O)[C@H](CC)Oc2ccc(CC)cc2)cc1. The fourth-order valence-corrected chi connectivity index (χ4v) is 2.42. The predicted molar refractivity (Wildman–Crippen MR) is 102 cm³/mol. The van der Waals surface area contributed by atoms with Crippen LogP contribution in [0.3, 0.4) is 0 Å². The van der Waals surface area contributed by atoms with Crippen LogP contribution < -0.4 is 10.1 Å². The molecule has 1 amide bonds. The van der Waals surface area contributed by atoms with Crippen LogP contribution in [0.1, 0.15) is 43.1 Å². The Hall–Kier alpha value is -2.82. The number of anilines is 1. The fourth-order valence-electron chi connectivity index (χ4n) is 2.42. The van der Waals surface area contributed by atoms with E-state index >= 15 is 0 Å². The third-order valence-corrected chi connectivity index (χ3v) is 3.94. The molecule has 0 radical (unpaired) electrons. The van der Waals surface area contributed by atoms with Crippen LogP contribution in [0, 0.1) is 0 Å². The Bertz CT molecular complexity index is 723. The van der Waals surface area contributed by atoms with Gasteiger partial charge in [-0.15, -0.1) is 0 Å². The molecule has 0 aromatic heterocycles. The lowest BCUT2D eigenvalue weighted by atomic mass is 10.1. The molecule has 1 atom stereocenters. The van der Waals surface area contributed by atoms with E-state index in [2.05, 4.69) is 12.2 Å². The van der Waals surface area contributed by atoms with Crippen molar-refractivity contribution in [3.05, 3.63) is 59.7 Å². The molecule has 0 aliphatic rings. The van der Waals surface area contributed by atoms with Gasteiger partial charge in [-0.05, 0) is 61.7 Å². The van der Waals surface area contributed by atoms with E-state index in [1.165, 1.54) is 5.56 Å². The van der Waals surface area contributed by atoms with E-state index in [4.69, 9.17) is 9.47 Å². The number of amides is 1. The molecule has 0 bridgehead atoms. The normalized spacial score (nSPS) is 11.5. The summed E-state index contributed by atoms with van der Waals surface area (Å²) in [4.78, 5) is 24.1. The maximum absolute atomic E-state index is 12.5. The number of rotatable bonds is 8. The van der Waals surface area contributed by atoms with Gasteiger partial charge in [-0.2, -0.15) is 0 Å². The quantitative estimate of drug-likeness (QED) is 0.720. The van der Waals surface area contributed by atoms with E-state index in [9.17, 15) is 9.59 Å². The van der Waals surface area contributed by atoms with Gasteiger partial charge in [0.2, 0.25) is 0 Å². The predicted octanol–water partition coefficient (Wildman–Crippen LogP) is 4.22. The second kappa shape index (κ2) is 9.61. The van der Waals surface area contributed by atoms with E-state index in [1.54, 1.807) is 31.2 Å². The number of nitrogens with one attached hydrogen (secondary N) is 1. The lowest BCUT2D eigenvalue weighted by Crippen LogP contribution is -2.32. The third-order valence-electron chi connectivity index (χ3n) is 3.94. The van der Waals surface area contributed by atoms with Crippen LogP contribution in [0.2, 0.25) is 0 Å². The Morgan fingerprint density at radius 3 is 2.15 bits per heavy atom. The highest BCUT2D eigenvalue weighted by Crippen LogP contribution is 2.17. The van der Waals surface area contributed by atoms with Gasteiger partial charge in [-0.1, -0.05) is 26.0 Å². The minimum Gasteiger partial charge on any atom is -0.481 e. The summed E-state index contributed by atoms with van der Waals surface area (Å²) in [5, 5.41) is 2.82. The highest BCUT2D eigenvalue weighted by Gasteiger charge is 2.18.